The molecule has 0 fully saturated rings. The normalized spacial score (nSPS) is 11.3. The van der Waals surface area contributed by atoms with Crippen molar-refractivity contribution in [1.82, 2.24) is 14.5 Å². The first-order valence-corrected chi connectivity index (χ1v) is 7.52. The first-order valence-electron chi connectivity index (χ1n) is 6.30. The Kier molecular flexibility index (Phi) is 3.24. The van der Waals surface area contributed by atoms with E-state index < -0.39 is 0 Å². The van der Waals surface area contributed by atoms with Crippen LogP contribution in [0.1, 0.15) is 22.4 Å². The van der Waals surface area contributed by atoms with Gasteiger partial charge in [-0.1, -0.05) is 13.0 Å². The van der Waals surface area contributed by atoms with Crippen LogP contribution in [0.15, 0.2) is 24.4 Å². The molecule has 3 rings (SSSR count). The number of aromatic nitrogens is 3. The summed E-state index contributed by atoms with van der Waals surface area (Å²) in [7, 11) is 0. The number of rotatable bonds is 3. The van der Waals surface area contributed by atoms with Crippen LogP contribution in [0.2, 0.25) is 0 Å². The predicted molar refractivity (Wildman–Crippen MR) is 82.5 cm³/mol. The van der Waals surface area contributed by atoms with E-state index in [1.54, 1.807) is 11.3 Å². The van der Waals surface area contributed by atoms with Crippen molar-refractivity contribution in [3.63, 3.8) is 0 Å². The van der Waals surface area contributed by atoms with E-state index in [0.29, 0.717) is 0 Å². The Hall–Kier alpha value is -1.46. The molecule has 5 heteroatoms. The van der Waals surface area contributed by atoms with Crippen LogP contribution in [0.3, 0.4) is 0 Å². The highest BCUT2D eigenvalue weighted by atomic mass is 32.1. The molecule has 0 amide bonds. The molecule has 19 heavy (non-hydrogen) atoms. The summed E-state index contributed by atoms with van der Waals surface area (Å²) < 4.78 is 2.88. The molecular weight excluding hydrogens is 274 g/mol. The molecule has 0 aliphatic heterocycles. The summed E-state index contributed by atoms with van der Waals surface area (Å²) in [6.45, 7) is 4.99. The fourth-order valence-corrected chi connectivity index (χ4v) is 3.26. The van der Waals surface area contributed by atoms with Gasteiger partial charge < -0.3 is 9.55 Å². The highest BCUT2D eigenvalue weighted by molar-refractivity contribution is 7.71. The van der Waals surface area contributed by atoms with Gasteiger partial charge in [-0.2, -0.15) is 0 Å². The third kappa shape index (κ3) is 2.35. The van der Waals surface area contributed by atoms with Crippen molar-refractivity contribution >= 4 is 34.6 Å². The Morgan fingerprint density at radius 1 is 1.42 bits per heavy atom. The van der Waals surface area contributed by atoms with Crippen LogP contribution in [-0.4, -0.2) is 14.5 Å². The number of nitrogens with zero attached hydrogens (tertiary/aromatic N) is 2. The lowest BCUT2D eigenvalue weighted by Gasteiger charge is -2.02. The Balaban J connectivity index is 2.06. The van der Waals surface area contributed by atoms with Crippen LogP contribution in [0.5, 0.6) is 0 Å². The molecule has 3 aromatic rings. The fraction of sp³-hybridized carbons (Fsp3) is 0.286. The average Bonchev–Trinajstić information content (AvgIpc) is 2.96. The number of thiazole rings is 1. The number of aromatic amines is 1. The minimum absolute atomic E-state index is 0.743. The van der Waals surface area contributed by atoms with E-state index in [4.69, 9.17) is 12.2 Å². The summed E-state index contributed by atoms with van der Waals surface area (Å²) in [5.41, 5.74) is 3.48. The molecule has 0 atom stereocenters. The molecule has 0 bridgehead atoms. The van der Waals surface area contributed by atoms with Gasteiger partial charge in [0.2, 0.25) is 0 Å². The standard InChI is InChI=1S/C14H15N3S2/c1-3-10-7-15-13(19-10)8-17-12-6-9(2)4-5-11(12)16-14(17)18/h4-7H,3,8H2,1-2H3,(H,16,18). The molecule has 0 aliphatic carbocycles. The molecule has 0 saturated heterocycles. The number of hydrogen-bond acceptors (Lipinski definition) is 3. The number of nitrogens with one attached hydrogen (secondary N) is 1. The largest absolute Gasteiger partial charge is 0.331 e. The highest BCUT2D eigenvalue weighted by Crippen LogP contribution is 2.20. The molecule has 0 aliphatic rings. The predicted octanol–water partition coefficient (Wildman–Crippen LogP) is 4.07. The van der Waals surface area contributed by atoms with Gasteiger partial charge in [-0.05, 0) is 43.3 Å². The van der Waals surface area contributed by atoms with Crippen LogP contribution in [0.25, 0.3) is 11.0 Å². The van der Waals surface area contributed by atoms with Gasteiger partial charge in [-0.15, -0.1) is 11.3 Å². The lowest BCUT2D eigenvalue weighted by Crippen LogP contribution is -1.99. The number of benzene rings is 1. The Bertz CT molecular complexity index is 779. The van der Waals surface area contributed by atoms with Crippen molar-refractivity contribution in [2.24, 2.45) is 0 Å². The van der Waals surface area contributed by atoms with Crippen molar-refractivity contribution in [3.05, 3.63) is 44.6 Å². The molecular formula is C14H15N3S2. The molecule has 0 saturated carbocycles. The van der Waals surface area contributed by atoms with Crippen LogP contribution >= 0.6 is 23.6 Å². The van der Waals surface area contributed by atoms with Crippen LogP contribution in [0, 0.1) is 11.7 Å². The quantitative estimate of drug-likeness (QED) is 0.737. The Morgan fingerprint density at radius 2 is 2.26 bits per heavy atom. The maximum Gasteiger partial charge on any atom is 0.178 e. The van der Waals surface area contributed by atoms with Crippen molar-refractivity contribution in [3.8, 4) is 0 Å². The van der Waals surface area contributed by atoms with Gasteiger partial charge in [0.15, 0.2) is 4.77 Å². The molecule has 1 N–H and O–H groups in total. The number of fused-ring (bicyclic) bond motifs is 1. The second-order valence-electron chi connectivity index (χ2n) is 4.61. The summed E-state index contributed by atoms with van der Waals surface area (Å²) in [5, 5.41) is 1.11. The van der Waals surface area contributed by atoms with Gasteiger partial charge in [-0.3, -0.25) is 0 Å². The van der Waals surface area contributed by atoms with Crippen LogP contribution < -0.4 is 0 Å². The zero-order valence-electron chi connectivity index (χ0n) is 10.9. The first-order chi connectivity index (χ1) is 9.17. The monoisotopic (exact) mass is 289 g/mol. The molecule has 0 radical (unpaired) electrons. The van der Waals surface area contributed by atoms with Gasteiger partial charge >= 0.3 is 0 Å². The lowest BCUT2D eigenvalue weighted by molar-refractivity contribution is 0.803. The number of hydrogen-bond donors (Lipinski definition) is 1. The second kappa shape index (κ2) is 4.90. The van der Waals surface area contributed by atoms with Crippen molar-refractivity contribution < 1.29 is 0 Å². The van der Waals surface area contributed by atoms with E-state index in [9.17, 15) is 0 Å². The topological polar surface area (TPSA) is 33.6 Å². The Morgan fingerprint density at radius 3 is 3.00 bits per heavy atom. The number of imidazole rings is 1. The molecule has 3 nitrogen and oxygen atoms in total. The third-order valence-corrected chi connectivity index (χ3v) is 4.62. The minimum atomic E-state index is 0.743. The maximum absolute atomic E-state index is 5.41. The fourth-order valence-electron chi connectivity index (χ4n) is 2.14. The second-order valence-corrected chi connectivity index (χ2v) is 6.20. The zero-order chi connectivity index (χ0) is 13.4. The number of H-pyrrole nitrogens is 1. The smallest absolute Gasteiger partial charge is 0.178 e. The molecule has 0 unspecified atom stereocenters. The molecule has 0 spiro atoms. The van der Waals surface area contributed by atoms with E-state index in [1.165, 1.54) is 10.4 Å². The van der Waals surface area contributed by atoms with Crippen molar-refractivity contribution in [1.29, 1.82) is 0 Å². The van der Waals surface area contributed by atoms with E-state index in [-0.39, 0.29) is 0 Å². The zero-order valence-corrected chi connectivity index (χ0v) is 12.6. The van der Waals surface area contributed by atoms with Gasteiger partial charge in [-0.25, -0.2) is 4.98 Å². The third-order valence-electron chi connectivity index (χ3n) is 3.17. The minimum Gasteiger partial charge on any atom is -0.331 e. The summed E-state index contributed by atoms with van der Waals surface area (Å²) in [6, 6.07) is 6.34. The van der Waals surface area contributed by atoms with Crippen LogP contribution in [-0.2, 0) is 13.0 Å². The summed E-state index contributed by atoms with van der Waals surface area (Å²) >= 11 is 7.18. The van der Waals surface area contributed by atoms with E-state index in [2.05, 4.69) is 46.6 Å². The molecule has 1 aromatic carbocycles. The summed E-state index contributed by atoms with van der Waals surface area (Å²) in [4.78, 5) is 9.04. The maximum atomic E-state index is 5.41. The van der Waals surface area contributed by atoms with Crippen molar-refractivity contribution in [2.45, 2.75) is 26.8 Å². The van der Waals surface area contributed by atoms with Gasteiger partial charge in [0.25, 0.3) is 0 Å². The van der Waals surface area contributed by atoms with Crippen LogP contribution in [0.4, 0.5) is 0 Å². The number of aryl methyl sites for hydroxylation is 2. The SMILES string of the molecule is CCc1cnc(Cn2c(=S)[nH]c3ccc(C)cc32)s1. The first kappa shape index (κ1) is 12.6. The van der Waals surface area contributed by atoms with Gasteiger partial charge in [0, 0.05) is 11.1 Å². The van der Waals surface area contributed by atoms with Gasteiger partial charge in [0.05, 0.1) is 17.6 Å². The van der Waals surface area contributed by atoms with E-state index in [0.717, 1.165) is 33.8 Å². The van der Waals surface area contributed by atoms with Gasteiger partial charge in [0.1, 0.15) is 5.01 Å². The lowest BCUT2D eigenvalue weighted by atomic mass is 10.2. The van der Waals surface area contributed by atoms with E-state index >= 15 is 0 Å². The molecule has 2 aromatic heterocycles. The molecule has 98 valence electrons. The Labute approximate surface area is 120 Å². The highest BCUT2D eigenvalue weighted by Gasteiger charge is 2.07. The summed E-state index contributed by atoms with van der Waals surface area (Å²) in [5.74, 6) is 0. The van der Waals surface area contributed by atoms with Crippen molar-refractivity contribution in [2.75, 3.05) is 0 Å². The molecule has 2 heterocycles. The summed E-state index contributed by atoms with van der Waals surface area (Å²) in [6.07, 6.45) is 3.00. The van der Waals surface area contributed by atoms with E-state index in [1.807, 2.05) is 6.20 Å². The average molecular weight is 289 g/mol.